The molecule has 8 heteroatoms. The number of ether oxygens (including phenoxy) is 1. The van der Waals surface area contributed by atoms with Gasteiger partial charge in [-0.1, -0.05) is 25.7 Å². The molecule has 8 nitrogen and oxygen atoms in total. The highest BCUT2D eigenvalue weighted by Crippen LogP contribution is 2.33. The van der Waals surface area contributed by atoms with Crippen LogP contribution in [0.2, 0.25) is 0 Å². The number of carbonyl (C=O) groups is 3. The zero-order valence-corrected chi connectivity index (χ0v) is 16.7. The summed E-state index contributed by atoms with van der Waals surface area (Å²) >= 11 is 0. The zero-order valence-electron chi connectivity index (χ0n) is 16.7. The lowest BCUT2D eigenvalue weighted by Gasteiger charge is -2.37. The van der Waals surface area contributed by atoms with Gasteiger partial charge in [0, 0.05) is 19.6 Å². The summed E-state index contributed by atoms with van der Waals surface area (Å²) in [6.07, 6.45) is 7.49. The van der Waals surface area contributed by atoms with Crippen LogP contribution in [0, 0.1) is 5.92 Å². The maximum atomic E-state index is 13.1. The van der Waals surface area contributed by atoms with E-state index < -0.39 is 5.54 Å². The molecule has 1 saturated carbocycles. The quantitative estimate of drug-likeness (QED) is 0.729. The van der Waals surface area contributed by atoms with Crippen molar-refractivity contribution in [1.82, 2.24) is 20.0 Å². The summed E-state index contributed by atoms with van der Waals surface area (Å²) in [5.74, 6) is 0.0610. The smallest absolute Gasteiger partial charge is 0.326 e. The maximum Gasteiger partial charge on any atom is 0.326 e. The van der Waals surface area contributed by atoms with Gasteiger partial charge in [-0.3, -0.25) is 14.5 Å². The number of hydrogen-bond acceptors (Lipinski definition) is 5. The molecule has 1 spiro atoms. The van der Waals surface area contributed by atoms with Crippen LogP contribution in [0.15, 0.2) is 0 Å². The summed E-state index contributed by atoms with van der Waals surface area (Å²) in [4.78, 5) is 43.9. The maximum absolute atomic E-state index is 13.1. The second-order valence-corrected chi connectivity index (χ2v) is 8.65. The molecule has 0 aromatic carbocycles. The summed E-state index contributed by atoms with van der Waals surface area (Å²) in [6.45, 7) is 4.24. The Labute approximate surface area is 166 Å². The van der Waals surface area contributed by atoms with Crippen molar-refractivity contribution in [3.05, 3.63) is 0 Å². The Kier molecular flexibility index (Phi) is 5.87. The molecule has 0 radical (unpaired) electrons. The van der Waals surface area contributed by atoms with Crippen molar-refractivity contribution < 1.29 is 19.1 Å². The predicted octanol–water partition coefficient (Wildman–Crippen LogP) is 1.16. The highest BCUT2D eigenvalue weighted by molar-refractivity contribution is 6.07. The number of rotatable bonds is 3. The second kappa shape index (κ2) is 8.37. The Hall–Kier alpha value is -1.67. The summed E-state index contributed by atoms with van der Waals surface area (Å²) in [6, 6.07) is -0.270. The molecule has 156 valence electrons. The zero-order chi connectivity index (χ0) is 19.6. The van der Waals surface area contributed by atoms with Gasteiger partial charge in [-0.25, -0.2) is 9.69 Å². The van der Waals surface area contributed by atoms with E-state index in [1.807, 2.05) is 4.90 Å². The van der Waals surface area contributed by atoms with Gasteiger partial charge in [-0.05, 0) is 32.2 Å². The van der Waals surface area contributed by atoms with Crippen LogP contribution in [-0.2, 0) is 14.3 Å². The molecule has 4 aliphatic rings. The monoisotopic (exact) mass is 392 g/mol. The number of piperidine rings is 1. The van der Waals surface area contributed by atoms with Crippen LogP contribution >= 0.6 is 0 Å². The summed E-state index contributed by atoms with van der Waals surface area (Å²) in [5, 5.41) is 3.01. The van der Waals surface area contributed by atoms with Gasteiger partial charge >= 0.3 is 6.03 Å². The van der Waals surface area contributed by atoms with Gasteiger partial charge in [0.25, 0.3) is 5.91 Å². The SMILES string of the molecule is O=C([C@@H]1CCCN(CN2C(=O)NC3(CCCCCC3)C2=O)C1)N1CCOCC1. The first-order chi connectivity index (χ1) is 13.6. The first-order valence-electron chi connectivity index (χ1n) is 10.8. The Morgan fingerprint density at radius 1 is 1.04 bits per heavy atom. The third-order valence-electron chi connectivity index (χ3n) is 6.72. The average molecular weight is 393 g/mol. The van der Waals surface area contributed by atoms with E-state index in [9.17, 15) is 14.4 Å². The number of carbonyl (C=O) groups excluding carboxylic acids is 3. The van der Waals surface area contributed by atoms with Crippen LogP contribution in [0.25, 0.3) is 0 Å². The molecular weight excluding hydrogens is 360 g/mol. The van der Waals surface area contributed by atoms with E-state index in [1.165, 1.54) is 4.90 Å². The molecule has 4 rings (SSSR count). The third kappa shape index (κ3) is 3.89. The van der Waals surface area contributed by atoms with Gasteiger partial charge in [0.1, 0.15) is 5.54 Å². The number of morpholine rings is 1. The molecule has 28 heavy (non-hydrogen) atoms. The first-order valence-corrected chi connectivity index (χ1v) is 10.8. The van der Waals surface area contributed by atoms with Gasteiger partial charge in [-0.15, -0.1) is 0 Å². The molecule has 3 saturated heterocycles. The number of amides is 4. The minimum Gasteiger partial charge on any atom is -0.378 e. The number of imide groups is 1. The summed E-state index contributed by atoms with van der Waals surface area (Å²) < 4.78 is 5.34. The molecule has 1 atom stereocenters. The van der Waals surface area contributed by atoms with Gasteiger partial charge in [0.05, 0.1) is 25.8 Å². The average Bonchev–Trinajstić information content (AvgIpc) is 2.88. The van der Waals surface area contributed by atoms with Crippen molar-refractivity contribution in [2.45, 2.75) is 56.9 Å². The Bertz CT molecular complexity index is 611. The van der Waals surface area contributed by atoms with Crippen LogP contribution in [0.1, 0.15) is 51.4 Å². The molecule has 0 aromatic rings. The van der Waals surface area contributed by atoms with Crippen LogP contribution < -0.4 is 5.32 Å². The molecular formula is C20H32N4O4. The normalized spacial score (nSPS) is 29.1. The number of nitrogens with one attached hydrogen (secondary N) is 1. The van der Waals surface area contributed by atoms with Crippen molar-refractivity contribution in [3.63, 3.8) is 0 Å². The Morgan fingerprint density at radius 3 is 2.46 bits per heavy atom. The standard InChI is InChI=1S/C20H32N4O4/c25-17(23-10-12-28-13-11-23)16-6-5-9-22(14-16)15-24-18(26)20(21-19(24)27)7-3-1-2-4-8-20/h16H,1-15H2,(H,21,27)/t16-/m1/s1. The van der Waals surface area contributed by atoms with Crippen LogP contribution in [0.4, 0.5) is 4.79 Å². The lowest BCUT2D eigenvalue weighted by Crippen LogP contribution is -2.51. The fraction of sp³-hybridized carbons (Fsp3) is 0.850. The second-order valence-electron chi connectivity index (χ2n) is 8.65. The van der Waals surface area contributed by atoms with E-state index in [0.717, 1.165) is 57.9 Å². The lowest BCUT2D eigenvalue weighted by atomic mass is 9.90. The number of hydrogen-bond donors (Lipinski definition) is 1. The molecule has 0 aromatic heterocycles. The van der Waals surface area contributed by atoms with Gasteiger partial charge in [0.15, 0.2) is 0 Å². The fourth-order valence-electron chi connectivity index (χ4n) is 5.10. The molecule has 1 aliphatic carbocycles. The predicted molar refractivity (Wildman–Crippen MR) is 102 cm³/mol. The molecule has 3 aliphatic heterocycles. The number of likely N-dealkylation sites (tertiary alicyclic amines) is 1. The van der Waals surface area contributed by atoms with Crippen molar-refractivity contribution >= 4 is 17.8 Å². The molecule has 0 bridgehead atoms. The first kappa shape index (κ1) is 19.6. The summed E-state index contributed by atoms with van der Waals surface area (Å²) in [7, 11) is 0. The Morgan fingerprint density at radius 2 is 1.75 bits per heavy atom. The minimum absolute atomic E-state index is 0.0561. The van der Waals surface area contributed by atoms with E-state index in [-0.39, 0.29) is 23.8 Å². The molecule has 1 N–H and O–H groups in total. The van der Waals surface area contributed by atoms with E-state index in [2.05, 4.69) is 10.2 Å². The highest BCUT2D eigenvalue weighted by atomic mass is 16.5. The molecule has 4 amide bonds. The Balaban J connectivity index is 1.37. The van der Waals surface area contributed by atoms with E-state index in [0.29, 0.717) is 39.5 Å². The number of urea groups is 1. The van der Waals surface area contributed by atoms with Crippen molar-refractivity contribution in [2.75, 3.05) is 46.1 Å². The topological polar surface area (TPSA) is 82.2 Å². The van der Waals surface area contributed by atoms with Crippen LogP contribution in [0.3, 0.4) is 0 Å². The third-order valence-corrected chi connectivity index (χ3v) is 6.72. The van der Waals surface area contributed by atoms with E-state index >= 15 is 0 Å². The highest BCUT2D eigenvalue weighted by Gasteiger charge is 2.51. The van der Waals surface area contributed by atoms with Crippen LogP contribution in [0.5, 0.6) is 0 Å². The van der Waals surface area contributed by atoms with Gasteiger partial charge < -0.3 is 15.0 Å². The molecule has 3 heterocycles. The van der Waals surface area contributed by atoms with E-state index in [1.54, 1.807) is 0 Å². The minimum atomic E-state index is -0.688. The summed E-state index contributed by atoms with van der Waals surface area (Å²) in [5.41, 5.74) is -0.688. The lowest BCUT2D eigenvalue weighted by molar-refractivity contribution is -0.142. The molecule has 0 unspecified atom stereocenters. The van der Waals surface area contributed by atoms with E-state index in [4.69, 9.17) is 4.74 Å². The largest absolute Gasteiger partial charge is 0.378 e. The fourth-order valence-corrected chi connectivity index (χ4v) is 5.10. The van der Waals surface area contributed by atoms with Gasteiger partial charge in [-0.2, -0.15) is 0 Å². The van der Waals surface area contributed by atoms with Crippen molar-refractivity contribution in [3.8, 4) is 0 Å². The van der Waals surface area contributed by atoms with Crippen LogP contribution in [-0.4, -0.2) is 84.1 Å². The van der Waals surface area contributed by atoms with Gasteiger partial charge in [0.2, 0.25) is 5.91 Å². The van der Waals surface area contributed by atoms with Crippen molar-refractivity contribution in [1.29, 1.82) is 0 Å². The van der Waals surface area contributed by atoms with Crippen molar-refractivity contribution in [2.24, 2.45) is 5.92 Å². The molecule has 4 fully saturated rings. The number of nitrogens with zero attached hydrogens (tertiary/aromatic N) is 3.